The minimum Gasteiger partial charge on any atom is -0.460 e. The lowest BCUT2D eigenvalue weighted by Crippen LogP contribution is -2.11. The molecule has 0 saturated carbocycles. The van der Waals surface area contributed by atoms with Gasteiger partial charge in [0.25, 0.3) is 0 Å². The average molecular weight is 335 g/mol. The number of rotatable bonds is 6. The first-order chi connectivity index (χ1) is 11.1. The van der Waals surface area contributed by atoms with Crippen LogP contribution in [0.15, 0.2) is 48.5 Å². The Morgan fingerprint density at radius 3 is 2.35 bits per heavy atom. The number of benzene rings is 2. The Morgan fingerprint density at radius 2 is 1.65 bits per heavy atom. The Bertz CT molecular complexity index is 699. The van der Waals surface area contributed by atoms with Crippen molar-refractivity contribution in [2.24, 2.45) is 0 Å². The maximum Gasteiger partial charge on any atom is 0.343 e. The fraction of sp³-hybridized carbons (Fsp3) is 0.176. The number of carbonyl (C=O) groups is 2. The summed E-state index contributed by atoms with van der Waals surface area (Å²) in [5, 5.41) is 0.440. The van der Waals surface area contributed by atoms with Gasteiger partial charge in [-0.1, -0.05) is 23.7 Å². The molecule has 2 aromatic rings. The Morgan fingerprint density at radius 1 is 0.957 bits per heavy atom. The molecule has 0 aliphatic heterocycles. The van der Waals surface area contributed by atoms with Gasteiger partial charge in [0.15, 0.2) is 0 Å². The minimum atomic E-state index is -0.558. The van der Waals surface area contributed by atoms with E-state index in [-0.39, 0.29) is 17.9 Å². The SMILES string of the molecule is COCCOC(=O)c1cccc(OC(=O)c2cccc(Cl)c2)c1. The molecule has 0 atom stereocenters. The number of esters is 2. The highest BCUT2D eigenvalue weighted by atomic mass is 35.5. The van der Waals surface area contributed by atoms with Gasteiger partial charge in [-0.25, -0.2) is 9.59 Å². The second-order valence-corrected chi connectivity index (χ2v) is 4.99. The summed E-state index contributed by atoms with van der Waals surface area (Å²) in [6.07, 6.45) is 0. The maximum absolute atomic E-state index is 12.0. The molecule has 0 radical (unpaired) electrons. The molecule has 0 unspecified atom stereocenters. The number of carbonyl (C=O) groups excluding carboxylic acids is 2. The standard InChI is InChI=1S/C17H15ClO5/c1-21-8-9-22-16(19)13-5-3-7-15(11-13)23-17(20)12-4-2-6-14(18)10-12/h2-7,10-11H,8-9H2,1H3. The van der Waals surface area contributed by atoms with Gasteiger partial charge in [-0.05, 0) is 36.4 Å². The van der Waals surface area contributed by atoms with Gasteiger partial charge in [0.1, 0.15) is 12.4 Å². The fourth-order valence-corrected chi connectivity index (χ4v) is 1.96. The van der Waals surface area contributed by atoms with E-state index in [1.165, 1.54) is 19.2 Å². The van der Waals surface area contributed by atoms with Crippen molar-refractivity contribution in [2.75, 3.05) is 20.3 Å². The molecule has 0 aromatic heterocycles. The summed E-state index contributed by atoms with van der Waals surface area (Å²) in [5.41, 5.74) is 0.614. The van der Waals surface area contributed by atoms with Crippen LogP contribution in [0, 0.1) is 0 Å². The molecule has 0 aliphatic carbocycles. The van der Waals surface area contributed by atoms with Gasteiger partial charge in [0.2, 0.25) is 0 Å². The minimum absolute atomic E-state index is 0.155. The van der Waals surface area contributed by atoms with E-state index in [0.717, 1.165) is 0 Å². The molecule has 0 spiro atoms. The van der Waals surface area contributed by atoms with E-state index in [9.17, 15) is 9.59 Å². The summed E-state index contributed by atoms with van der Waals surface area (Å²) in [6.45, 7) is 0.469. The van der Waals surface area contributed by atoms with Crippen LogP contribution in [0.3, 0.4) is 0 Å². The first kappa shape index (κ1) is 17.0. The molecule has 0 amide bonds. The molecule has 0 aliphatic rings. The molecular weight excluding hydrogens is 320 g/mol. The Hall–Kier alpha value is -2.37. The fourth-order valence-electron chi connectivity index (χ4n) is 1.77. The van der Waals surface area contributed by atoms with Gasteiger partial charge in [-0.15, -0.1) is 0 Å². The molecule has 2 rings (SSSR count). The first-order valence-electron chi connectivity index (χ1n) is 6.84. The van der Waals surface area contributed by atoms with Crippen molar-refractivity contribution in [3.63, 3.8) is 0 Å². The van der Waals surface area contributed by atoms with Crippen molar-refractivity contribution >= 4 is 23.5 Å². The molecule has 120 valence electrons. The lowest BCUT2D eigenvalue weighted by Gasteiger charge is -2.07. The zero-order valence-corrected chi connectivity index (χ0v) is 13.2. The van der Waals surface area contributed by atoms with Gasteiger partial charge in [-0.3, -0.25) is 0 Å². The van der Waals surface area contributed by atoms with Gasteiger partial charge < -0.3 is 14.2 Å². The van der Waals surface area contributed by atoms with E-state index >= 15 is 0 Å². The third-order valence-corrected chi connectivity index (χ3v) is 3.10. The van der Waals surface area contributed by atoms with Crippen LogP contribution in [0.4, 0.5) is 0 Å². The molecule has 0 saturated heterocycles. The number of halogens is 1. The highest BCUT2D eigenvalue weighted by Crippen LogP contribution is 2.17. The lowest BCUT2D eigenvalue weighted by atomic mass is 10.2. The second kappa shape index (κ2) is 8.31. The Kier molecular flexibility index (Phi) is 6.14. The van der Waals surface area contributed by atoms with Crippen LogP contribution in [0.25, 0.3) is 0 Å². The third kappa shape index (κ3) is 5.09. The molecule has 0 N–H and O–H groups in total. The second-order valence-electron chi connectivity index (χ2n) is 4.56. The topological polar surface area (TPSA) is 61.8 Å². The number of hydrogen-bond acceptors (Lipinski definition) is 5. The van der Waals surface area contributed by atoms with E-state index in [1.54, 1.807) is 36.4 Å². The lowest BCUT2D eigenvalue weighted by molar-refractivity contribution is 0.0387. The van der Waals surface area contributed by atoms with Crippen molar-refractivity contribution in [3.8, 4) is 5.75 Å². The maximum atomic E-state index is 12.0. The van der Waals surface area contributed by atoms with E-state index in [4.69, 9.17) is 25.8 Å². The van der Waals surface area contributed by atoms with E-state index in [2.05, 4.69) is 0 Å². The van der Waals surface area contributed by atoms with Crippen molar-refractivity contribution in [2.45, 2.75) is 0 Å². The molecule has 0 bridgehead atoms. The van der Waals surface area contributed by atoms with Crippen LogP contribution in [-0.2, 0) is 9.47 Å². The van der Waals surface area contributed by atoms with Gasteiger partial charge >= 0.3 is 11.9 Å². The summed E-state index contributed by atoms with van der Waals surface area (Å²) in [6, 6.07) is 12.6. The summed E-state index contributed by atoms with van der Waals surface area (Å²) < 4.78 is 15.1. The largest absolute Gasteiger partial charge is 0.460 e. The van der Waals surface area contributed by atoms with Gasteiger partial charge in [0.05, 0.1) is 17.7 Å². The Labute approximate surface area is 138 Å². The van der Waals surface area contributed by atoms with Crippen molar-refractivity contribution in [1.29, 1.82) is 0 Å². The predicted octanol–water partition coefficient (Wildman–Crippen LogP) is 3.36. The van der Waals surface area contributed by atoms with Crippen LogP contribution in [-0.4, -0.2) is 32.3 Å². The van der Waals surface area contributed by atoms with E-state index in [0.29, 0.717) is 17.2 Å². The van der Waals surface area contributed by atoms with E-state index in [1.807, 2.05) is 0 Å². The highest BCUT2D eigenvalue weighted by Gasteiger charge is 2.12. The van der Waals surface area contributed by atoms with Gasteiger partial charge in [0, 0.05) is 12.1 Å². The number of methoxy groups -OCH3 is 1. The molecule has 5 nitrogen and oxygen atoms in total. The number of ether oxygens (including phenoxy) is 3. The predicted molar refractivity (Wildman–Crippen MR) is 85.0 cm³/mol. The van der Waals surface area contributed by atoms with Crippen LogP contribution < -0.4 is 4.74 Å². The third-order valence-electron chi connectivity index (χ3n) is 2.86. The van der Waals surface area contributed by atoms with E-state index < -0.39 is 11.9 Å². The summed E-state index contributed by atoms with van der Waals surface area (Å²) >= 11 is 5.84. The summed E-state index contributed by atoms with van der Waals surface area (Å²) in [7, 11) is 1.52. The highest BCUT2D eigenvalue weighted by molar-refractivity contribution is 6.30. The van der Waals surface area contributed by atoms with Crippen LogP contribution in [0.2, 0.25) is 5.02 Å². The van der Waals surface area contributed by atoms with Crippen LogP contribution in [0.1, 0.15) is 20.7 Å². The molecular formula is C17H15ClO5. The molecule has 23 heavy (non-hydrogen) atoms. The molecule has 0 heterocycles. The quantitative estimate of drug-likeness (QED) is 0.460. The first-order valence-corrected chi connectivity index (χ1v) is 7.22. The summed E-state index contributed by atoms with van der Waals surface area (Å²) in [5.74, 6) is -0.823. The zero-order chi connectivity index (χ0) is 16.7. The van der Waals surface area contributed by atoms with Crippen molar-refractivity contribution in [3.05, 3.63) is 64.7 Å². The van der Waals surface area contributed by atoms with Gasteiger partial charge in [-0.2, -0.15) is 0 Å². The molecule has 0 fully saturated rings. The smallest absolute Gasteiger partial charge is 0.343 e. The normalized spacial score (nSPS) is 10.2. The zero-order valence-electron chi connectivity index (χ0n) is 12.5. The summed E-state index contributed by atoms with van der Waals surface area (Å²) in [4.78, 5) is 23.9. The monoisotopic (exact) mass is 334 g/mol. The molecule has 6 heteroatoms. The average Bonchev–Trinajstić information content (AvgIpc) is 2.55. The van der Waals surface area contributed by atoms with Crippen LogP contribution >= 0.6 is 11.6 Å². The number of hydrogen-bond donors (Lipinski definition) is 0. The Balaban J connectivity index is 2.05. The van der Waals surface area contributed by atoms with Crippen molar-refractivity contribution in [1.82, 2.24) is 0 Å². The van der Waals surface area contributed by atoms with Crippen molar-refractivity contribution < 1.29 is 23.8 Å². The van der Waals surface area contributed by atoms with Crippen LogP contribution in [0.5, 0.6) is 5.75 Å². The molecule has 2 aromatic carbocycles.